The maximum absolute atomic E-state index is 13.5. The van der Waals surface area contributed by atoms with Gasteiger partial charge in [-0.2, -0.15) is 0 Å². The fourth-order valence-corrected chi connectivity index (χ4v) is 5.71. The number of nitrogens with one attached hydrogen (secondary N) is 2. The van der Waals surface area contributed by atoms with Crippen LogP contribution in [0.15, 0.2) is 72.2 Å². The number of carbonyl (C=O) groups excluding carboxylic acids is 2. The van der Waals surface area contributed by atoms with Crippen molar-refractivity contribution in [3.05, 3.63) is 77.8 Å². The van der Waals surface area contributed by atoms with Crippen molar-refractivity contribution in [2.45, 2.75) is 25.0 Å². The minimum Gasteiger partial charge on any atom is -0.454 e. The summed E-state index contributed by atoms with van der Waals surface area (Å²) in [6.45, 7) is 2.93. The van der Waals surface area contributed by atoms with Gasteiger partial charge in [0.2, 0.25) is 0 Å². The fourth-order valence-electron chi connectivity index (χ4n) is 5.17. The van der Waals surface area contributed by atoms with Gasteiger partial charge in [0.25, 0.3) is 5.91 Å². The molecule has 176 valence electrons. The Morgan fingerprint density at radius 2 is 1.76 bits per heavy atom. The van der Waals surface area contributed by atoms with Gasteiger partial charge in [0.1, 0.15) is 6.54 Å². The number of ether oxygens (including phenoxy) is 1. The number of anilines is 2. The van der Waals surface area contributed by atoms with Crippen LogP contribution in [0.2, 0.25) is 0 Å². The van der Waals surface area contributed by atoms with Crippen LogP contribution in [0.25, 0.3) is 0 Å². The molecule has 6 rings (SSSR count). The zero-order chi connectivity index (χ0) is 23.4. The van der Waals surface area contributed by atoms with Crippen LogP contribution < -0.4 is 10.6 Å². The molecule has 0 saturated carbocycles. The molecule has 4 heterocycles. The number of hydrogen-bond donors (Lipinski definition) is 2. The van der Waals surface area contributed by atoms with Crippen molar-refractivity contribution in [1.82, 2.24) is 4.98 Å². The highest BCUT2D eigenvalue weighted by atomic mass is 32.1. The van der Waals surface area contributed by atoms with Crippen LogP contribution in [0.3, 0.4) is 0 Å². The number of para-hydroxylation sites is 1. The quantitative estimate of drug-likeness (QED) is 0.377. The lowest BCUT2D eigenvalue weighted by Gasteiger charge is -2.51. The van der Waals surface area contributed by atoms with Crippen LogP contribution in [0.1, 0.15) is 24.4 Å². The molecule has 1 unspecified atom stereocenters. The standard InChI is InChI=1S/C26H28N4O3S/c31-23(29-26-27-13-16-34-26)18-30-14-11-19(12-15-30)22(17-30)33-25(32)24(20-7-3-1-4-8-20)28-21-9-5-2-6-10-21/h1-10,13,16,19,22,24,28H,11-12,14-15,17-18H2/p+1/t19?,22-,24?,30?/m0/s1. The summed E-state index contributed by atoms with van der Waals surface area (Å²) in [6.07, 6.45) is 3.42. The van der Waals surface area contributed by atoms with E-state index in [0.717, 1.165) is 37.2 Å². The van der Waals surface area contributed by atoms with Gasteiger partial charge in [-0.25, -0.2) is 9.78 Å². The topological polar surface area (TPSA) is 80.3 Å². The molecule has 1 amide bonds. The summed E-state index contributed by atoms with van der Waals surface area (Å²) < 4.78 is 6.83. The summed E-state index contributed by atoms with van der Waals surface area (Å²) in [5, 5.41) is 8.71. The first-order valence-corrected chi connectivity index (χ1v) is 12.6. The zero-order valence-corrected chi connectivity index (χ0v) is 19.7. The fraction of sp³-hybridized carbons (Fsp3) is 0.346. The van der Waals surface area contributed by atoms with E-state index in [-0.39, 0.29) is 18.0 Å². The van der Waals surface area contributed by atoms with E-state index in [1.54, 1.807) is 6.20 Å². The predicted molar refractivity (Wildman–Crippen MR) is 132 cm³/mol. The minimum absolute atomic E-state index is 0.0340. The highest BCUT2D eigenvalue weighted by molar-refractivity contribution is 7.13. The molecule has 34 heavy (non-hydrogen) atoms. The Bertz CT molecular complexity index is 1100. The van der Waals surface area contributed by atoms with Crippen LogP contribution in [0.5, 0.6) is 0 Å². The third kappa shape index (κ3) is 5.13. The lowest BCUT2D eigenvalue weighted by atomic mass is 9.83. The minimum atomic E-state index is -0.597. The van der Waals surface area contributed by atoms with Crippen molar-refractivity contribution in [3.63, 3.8) is 0 Å². The van der Waals surface area contributed by atoms with Gasteiger partial charge in [0, 0.05) is 36.0 Å². The Kier molecular flexibility index (Phi) is 6.60. The number of thiazole rings is 1. The molecule has 2 aromatic carbocycles. The van der Waals surface area contributed by atoms with Crippen LogP contribution in [-0.2, 0) is 14.3 Å². The van der Waals surface area contributed by atoms with Gasteiger partial charge in [-0.1, -0.05) is 48.5 Å². The van der Waals surface area contributed by atoms with Gasteiger partial charge >= 0.3 is 5.97 Å². The Hall–Kier alpha value is -3.23. The number of piperidine rings is 3. The molecule has 1 aromatic heterocycles. The molecule has 2 bridgehead atoms. The first-order chi connectivity index (χ1) is 16.6. The lowest BCUT2D eigenvalue weighted by molar-refractivity contribution is -0.938. The second kappa shape index (κ2) is 9.95. The zero-order valence-electron chi connectivity index (χ0n) is 18.9. The van der Waals surface area contributed by atoms with E-state index < -0.39 is 6.04 Å². The van der Waals surface area contributed by atoms with Gasteiger partial charge in [-0.15, -0.1) is 11.3 Å². The number of carbonyl (C=O) groups is 2. The largest absolute Gasteiger partial charge is 0.454 e. The highest BCUT2D eigenvalue weighted by Crippen LogP contribution is 2.36. The second-order valence-electron chi connectivity index (χ2n) is 9.18. The molecule has 8 heteroatoms. The third-order valence-corrected chi connectivity index (χ3v) is 7.61. The Morgan fingerprint density at radius 3 is 2.44 bits per heavy atom. The molecular formula is C26H29N4O3S+. The number of benzene rings is 2. The van der Waals surface area contributed by atoms with Crippen LogP contribution >= 0.6 is 11.3 Å². The van der Waals surface area contributed by atoms with E-state index in [0.29, 0.717) is 28.6 Å². The number of esters is 1. The van der Waals surface area contributed by atoms with Gasteiger partial charge in [-0.05, 0) is 17.7 Å². The molecule has 3 fully saturated rings. The molecule has 2 N–H and O–H groups in total. The molecule has 0 spiro atoms. The molecule has 7 nitrogen and oxygen atoms in total. The van der Waals surface area contributed by atoms with E-state index in [9.17, 15) is 9.59 Å². The number of fused-ring (bicyclic) bond motifs is 3. The molecule has 3 aliphatic heterocycles. The Morgan fingerprint density at radius 1 is 1.06 bits per heavy atom. The summed E-state index contributed by atoms with van der Waals surface area (Å²) in [6, 6.07) is 18.8. The molecular weight excluding hydrogens is 448 g/mol. The third-order valence-electron chi connectivity index (χ3n) is 6.92. The van der Waals surface area contributed by atoms with Gasteiger partial charge in [0.15, 0.2) is 23.8 Å². The van der Waals surface area contributed by atoms with Crippen molar-refractivity contribution >= 4 is 34.0 Å². The number of rotatable bonds is 8. The highest BCUT2D eigenvalue weighted by Gasteiger charge is 2.49. The van der Waals surface area contributed by atoms with E-state index in [4.69, 9.17) is 4.74 Å². The number of nitrogens with zero attached hydrogens (tertiary/aromatic N) is 2. The molecule has 3 saturated heterocycles. The second-order valence-corrected chi connectivity index (χ2v) is 10.1. The van der Waals surface area contributed by atoms with Crippen LogP contribution in [-0.4, -0.2) is 53.6 Å². The van der Waals surface area contributed by atoms with Crippen LogP contribution in [0, 0.1) is 5.92 Å². The summed E-state index contributed by atoms with van der Waals surface area (Å²) >= 11 is 1.41. The summed E-state index contributed by atoms with van der Waals surface area (Å²) in [4.78, 5) is 30.3. The van der Waals surface area contributed by atoms with Gasteiger partial charge in [0.05, 0.1) is 13.1 Å². The van der Waals surface area contributed by atoms with Crippen molar-refractivity contribution in [1.29, 1.82) is 0 Å². The van der Waals surface area contributed by atoms with Gasteiger partial charge in [-0.3, -0.25) is 10.1 Å². The lowest BCUT2D eigenvalue weighted by Crippen LogP contribution is -2.66. The van der Waals surface area contributed by atoms with Crippen molar-refractivity contribution in [2.24, 2.45) is 5.92 Å². The molecule has 0 aliphatic carbocycles. The molecule has 0 radical (unpaired) electrons. The van der Waals surface area contributed by atoms with E-state index in [1.807, 2.05) is 66.0 Å². The summed E-state index contributed by atoms with van der Waals surface area (Å²) in [7, 11) is 0. The molecule has 3 aliphatic rings. The SMILES string of the molecule is O=C(C[N+]12CCC(CC1)[C@@H](OC(=O)C(Nc1ccccc1)c1ccccc1)C2)Nc1nccs1. The van der Waals surface area contributed by atoms with Crippen LogP contribution in [0.4, 0.5) is 10.8 Å². The monoisotopic (exact) mass is 477 g/mol. The smallest absolute Gasteiger partial charge is 0.333 e. The summed E-state index contributed by atoms with van der Waals surface area (Å²) in [5.41, 5.74) is 1.73. The molecule has 2 atom stereocenters. The maximum Gasteiger partial charge on any atom is 0.333 e. The predicted octanol–water partition coefficient (Wildman–Crippen LogP) is 4.09. The number of hydrogen-bond acceptors (Lipinski definition) is 6. The first kappa shape index (κ1) is 22.6. The first-order valence-electron chi connectivity index (χ1n) is 11.7. The van der Waals surface area contributed by atoms with E-state index in [1.165, 1.54) is 11.3 Å². The van der Waals surface area contributed by atoms with Crippen molar-refractivity contribution in [3.8, 4) is 0 Å². The van der Waals surface area contributed by atoms with Gasteiger partial charge < -0.3 is 14.5 Å². The number of amides is 1. The van der Waals surface area contributed by atoms with Crippen molar-refractivity contribution in [2.75, 3.05) is 36.8 Å². The number of quaternary nitrogens is 1. The molecule has 3 aromatic rings. The maximum atomic E-state index is 13.5. The average molecular weight is 478 g/mol. The Balaban J connectivity index is 1.28. The van der Waals surface area contributed by atoms with E-state index >= 15 is 0 Å². The number of aromatic nitrogens is 1. The average Bonchev–Trinajstić information content (AvgIpc) is 3.37. The normalized spacial score (nSPS) is 24.2. The Labute approximate surface area is 203 Å². The van der Waals surface area contributed by atoms with Crippen molar-refractivity contribution < 1.29 is 18.8 Å². The van der Waals surface area contributed by atoms with E-state index in [2.05, 4.69) is 15.6 Å². The summed E-state index contributed by atoms with van der Waals surface area (Å²) in [5.74, 6) is 0.0339.